The molecule has 1 atom stereocenters. The Morgan fingerprint density at radius 1 is 1.31 bits per heavy atom. The predicted octanol–water partition coefficient (Wildman–Crippen LogP) is 1.49. The van der Waals surface area contributed by atoms with Gasteiger partial charge in [0.15, 0.2) is 0 Å². The summed E-state index contributed by atoms with van der Waals surface area (Å²) in [5.41, 5.74) is 5.85. The van der Waals surface area contributed by atoms with Crippen molar-refractivity contribution in [3.8, 4) is 5.75 Å². The van der Waals surface area contributed by atoms with Crippen molar-refractivity contribution < 1.29 is 4.74 Å². The zero-order chi connectivity index (χ0) is 11.2. The van der Waals surface area contributed by atoms with Gasteiger partial charge in [0.1, 0.15) is 5.75 Å². The van der Waals surface area contributed by atoms with E-state index in [0.717, 1.165) is 44.8 Å². The lowest BCUT2D eigenvalue weighted by Gasteiger charge is -2.14. The molecular formula is C13H20N2O. The summed E-state index contributed by atoms with van der Waals surface area (Å²) in [4.78, 5) is 2.42. The number of ether oxygens (including phenoxy) is 1. The molecule has 1 unspecified atom stereocenters. The number of para-hydroxylation sites is 1. The molecule has 1 aromatic carbocycles. The van der Waals surface area contributed by atoms with Gasteiger partial charge in [0, 0.05) is 19.1 Å². The third-order valence-electron chi connectivity index (χ3n) is 2.94. The molecule has 3 heteroatoms. The van der Waals surface area contributed by atoms with Crippen molar-refractivity contribution in [2.45, 2.75) is 18.9 Å². The van der Waals surface area contributed by atoms with Crippen molar-refractivity contribution in [2.75, 3.05) is 26.2 Å². The van der Waals surface area contributed by atoms with Crippen molar-refractivity contribution in [2.24, 2.45) is 5.73 Å². The Balaban J connectivity index is 1.59. The van der Waals surface area contributed by atoms with Gasteiger partial charge in [0.05, 0.1) is 6.61 Å². The molecule has 1 saturated heterocycles. The quantitative estimate of drug-likeness (QED) is 0.764. The third-order valence-corrected chi connectivity index (χ3v) is 2.94. The zero-order valence-corrected chi connectivity index (χ0v) is 9.64. The van der Waals surface area contributed by atoms with E-state index in [9.17, 15) is 0 Å². The van der Waals surface area contributed by atoms with E-state index in [1.54, 1.807) is 0 Å². The Morgan fingerprint density at radius 2 is 2.12 bits per heavy atom. The monoisotopic (exact) mass is 220 g/mol. The largest absolute Gasteiger partial charge is 0.494 e. The van der Waals surface area contributed by atoms with Gasteiger partial charge in [-0.3, -0.25) is 0 Å². The molecule has 1 aliphatic heterocycles. The summed E-state index contributed by atoms with van der Waals surface area (Å²) >= 11 is 0. The number of nitrogens with zero attached hydrogens (tertiary/aromatic N) is 1. The van der Waals surface area contributed by atoms with Crippen LogP contribution in [0.15, 0.2) is 30.3 Å². The second-order valence-electron chi connectivity index (χ2n) is 4.36. The number of rotatable bonds is 5. The molecule has 88 valence electrons. The fourth-order valence-corrected chi connectivity index (χ4v) is 2.06. The average molecular weight is 220 g/mol. The van der Waals surface area contributed by atoms with Gasteiger partial charge in [-0.15, -0.1) is 0 Å². The maximum atomic E-state index is 5.85. The van der Waals surface area contributed by atoms with E-state index in [4.69, 9.17) is 10.5 Å². The number of nitrogens with two attached hydrogens (primary N) is 1. The molecule has 0 saturated carbocycles. The molecule has 2 rings (SSSR count). The van der Waals surface area contributed by atoms with Crippen LogP contribution < -0.4 is 10.5 Å². The van der Waals surface area contributed by atoms with Crippen LogP contribution in [0, 0.1) is 0 Å². The molecule has 0 spiro atoms. The maximum Gasteiger partial charge on any atom is 0.119 e. The average Bonchev–Trinajstić information content (AvgIpc) is 2.72. The van der Waals surface area contributed by atoms with Crippen LogP contribution in [0.4, 0.5) is 0 Å². The molecule has 16 heavy (non-hydrogen) atoms. The zero-order valence-electron chi connectivity index (χ0n) is 9.64. The topological polar surface area (TPSA) is 38.5 Å². The molecule has 3 nitrogen and oxygen atoms in total. The van der Waals surface area contributed by atoms with Gasteiger partial charge in [-0.25, -0.2) is 0 Å². The second-order valence-corrected chi connectivity index (χ2v) is 4.36. The molecule has 0 bridgehead atoms. The highest BCUT2D eigenvalue weighted by Crippen LogP contribution is 2.10. The first-order valence-electron chi connectivity index (χ1n) is 6.00. The first kappa shape index (κ1) is 11.4. The molecule has 1 aliphatic rings. The van der Waals surface area contributed by atoms with Crippen molar-refractivity contribution in [1.82, 2.24) is 4.90 Å². The van der Waals surface area contributed by atoms with Crippen molar-refractivity contribution in [3.63, 3.8) is 0 Å². The van der Waals surface area contributed by atoms with Gasteiger partial charge < -0.3 is 15.4 Å². The van der Waals surface area contributed by atoms with Crippen LogP contribution >= 0.6 is 0 Å². The lowest BCUT2D eigenvalue weighted by molar-refractivity contribution is 0.262. The SMILES string of the molecule is NC1CCN(CCCOc2ccccc2)C1. The third kappa shape index (κ3) is 3.51. The van der Waals surface area contributed by atoms with Crippen LogP contribution in [0.1, 0.15) is 12.8 Å². The van der Waals surface area contributed by atoms with Crippen LogP contribution in [-0.2, 0) is 0 Å². The van der Waals surface area contributed by atoms with Crippen molar-refractivity contribution >= 4 is 0 Å². The van der Waals surface area contributed by atoms with Gasteiger partial charge in [0.25, 0.3) is 0 Å². The Morgan fingerprint density at radius 3 is 2.81 bits per heavy atom. The summed E-state index contributed by atoms with van der Waals surface area (Å²) < 4.78 is 5.63. The van der Waals surface area contributed by atoms with Gasteiger partial charge in [-0.1, -0.05) is 18.2 Å². The maximum absolute atomic E-state index is 5.85. The molecule has 1 heterocycles. The number of benzene rings is 1. The molecule has 0 amide bonds. The lowest BCUT2D eigenvalue weighted by Crippen LogP contribution is -2.28. The van der Waals surface area contributed by atoms with E-state index in [1.165, 1.54) is 0 Å². The smallest absolute Gasteiger partial charge is 0.119 e. The standard InChI is InChI=1S/C13H20N2O/c14-12-7-9-15(11-12)8-4-10-16-13-5-2-1-3-6-13/h1-3,5-6,12H,4,7-11,14H2. The first-order valence-corrected chi connectivity index (χ1v) is 6.00. The van der Waals surface area contributed by atoms with Gasteiger partial charge in [-0.05, 0) is 31.5 Å². The summed E-state index contributed by atoms with van der Waals surface area (Å²) in [6, 6.07) is 10.4. The minimum atomic E-state index is 0.384. The molecule has 0 aliphatic carbocycles. The Labute approximate surface area is 97.2 Å². The number of likely N-dealkylation sites (tertiary alicyclic amines) is 1. The minimum Gasteiger partial charge on any atom is -0.494 e. The molecule has 2 N–H and O–H groups in total. The van der Waals surface area contributed by atoms with Crippen LogP contribution in [0.3, 0.4) is 0 Å². The molecular weight excluding hydrogens is 200 g/mol. The number of hydrogen-bond donors (Lipinski definition) is 1. The fourth-order valence-electron chi connectivity index (χ4n) is 2.06. The highest BCUT2D eigenvalue weighted by Gasteiger charge is 2.17. The van der Waals surface area contributed by atoms with E-state index < -0.39 is 0 Å². The molecule has 1 fully saturated rings. The Hall–Kier alpha value is -1.06. The van der Waals surface area contributed by atoms with E-state index in [0.29, 0.717) is 6.04 Å². The molecule has 0 aromatic heterocycles. The summed E-state index contributed by atoms with van der Waals surface area (Å²) in [5.74, 6) is 0.959. The molecule has 0 radical (unpaired) electrons. The lowest BCUT2D eigenvalue weighted by atomic mass is 10.3. The second kappa shape index (κ2) is 5.87. The van der Waals surface area contributed by atoms with Gasteiger partial charge in [0.2, 0.25) is 0 Å². The highest BCUT2D eigenvalue weighted by atomic mass is 16.5. The first-order chi connectivity index (χ1) is 7.84. The van der Waals surface area contributed by atoms with Gasteiger partial charge in [-0.2, -0.15) is 0 Å². The normalized spacial score (nSPS) is 21.2. The van der Waals surface area contributed by atoms with E-state index in [1.807, 2.05) is 30.3 Å². The van der Waals surface area contributed by atoms with Crippen LogP contribution in [0.2, 0.25) is 0 Å². The van der Waals surface area contributed by atoms with Crippen LogP contribution in [0.5, 0.6) is 5.75 Å². The Bertz CT molecular complexity index is 302. The summed E-state index contributed by atoms with van der Waals surface area (Å²) in [7, 11) is 0. The molecule has 1 aromatic rings. The van der Waals surface area contributed by atoms with Gasteiger partial charge >= 0.3 is 0 Å². The minimum absolute atomic E-state index is 0.384. The van der Waals surface area contributed by atoms with E-state index in [-0.39, 0.29) is 0 Å². The highest BCUT2D eigenvalue weighted by molar-refractivity contribution is 5.20. The number of hydrogen-bond acceptors (Lipinski definition) is 3. The van der Waals surface area contributed by atoms with E-state index in [2.05, 4.69) is 4.90 Å². The predicted molar refractivity (Wildman–Crippen MR) is 65.6 cm³/mol. The summed E-state index contributed by atoms with van der Waals surface area (Å²) in [6.45, 7) is 4.08. The van der Waals surface area contributed by atoms with Crippen molar-refractivity contribution in [1.29, 1.82) is 0 Å². The fraction of sp³-hybridized carbons (Fsp3) is 0.538. The Kier molecular flexibility index (Phi) is 4.19. The summed E-state index contributed by atoms with van der Waals surface area (Å²) in [5, 5.41) is 0. The summed E-state index contributed by atoms with van der Waals surface area (Å²) in [6.07, 6.45) is 2.21. The van der Waals surface area contributed by atoms with Crippen LogP contribution in [-0.4, -0.2) is 37.2 Å². The van der Waals surface area contributed by atoms with Crippen molar-refractivity contribution in [3.05, 3.63) is 30.3 Å². The van der Waals surface area contributed by atoms with Crippen LogP contribution in [0.25, 0.3) is 0 Å². The van der Waals surface area contributed by atoms with E-state index >= 15 is 0 Å².